The normalized spacial score (nSPS) is 10.8. The summed E-state index contributed by atoms with van der Waals surface area (Å²) < 4.78 is 7.44. The number of anilines is 1. The highest BCUT2D eigenvalue weighted by atomic mass is 35.5. The average molecular weight is 501 g/mol. The maximum atomic E-state index is 12.7. The van der Waals surface area contributed by atoms with E-state index < -0.39 is 0 Å². The van der Waals surface area contributed by atoms with Crippen LogP contribution in [0.1, 0.15) is 27.0 Å². The topological polar surface area (TPSA) is 56.1 Å². The number of ether oxygens (including phenoxy) is 1. The molecule has 5 nitrogen and oxygen atoms in total. The second-order valence-corrected chi connectivity index (χ2v) is 8.69. The van der Waals surface area contributed by atoms with Crippen LogP contribution in [0.3, 0.4) is 0 Å². The minimum atomic E-state index is -0.305. The second-order valence-electron chi connectivity index (χ2n) is 7.47. The van der Waals surface area contributed by atoms with Crippen molar-refractivity contribution in [3.8, 4) is 5.75 Å². The van der Waals surface area contributed by atoms with Gasteiger partial charge in [-0.25, -0.2) is 0 Å². The maximum Gasteiger partial charge on any atom is 0.256 e. The zero-order valence-electron chi connectivity index (χ0n) is 17.7. The molecule has 168 valence electrons. The number of nitrogens with zero attached hydrogens (tertiary/aromatic N) is 2. The number of amides is 1. The lowest BCUT2D eigenvalue weighted by Crippen LogP contribution is -2.13. The highest BCUT2D eigenvalue weighted by Crippen LogP contribution is 2.24. The number of hydrogen-bond acceptors (Lipinski definition) is 3. The number of aromatic nitrogens is 2. The molecule has 0 saturated heterocycles. The summed E-state index contributed by atoms with van der Waals surface area (Å²) in [6.07, 6.45) is 1.65. The van der Waals surface area contributed by atoms with Crippen LogP contribution in [-0.4, -0.2) is 15.7 Å². The fraction of sp³-hybridized carbons (Fsp3) is 0.120. The van der Waals surface area contributed by atoms with Crippen molar-refractivity contribution in [1.82, 2.24) is 9.78 Å². The lowest BCUT2D eigenvalue weighted by atomic mass is 10.1. The van der Waals surface area contributed by atoms with Crippen molar-refractivity contribution < 1.29 is 9.53 Å². The number of aryl methyl sites for hydroxylation is 1. The monoisotopic (exact) mass is 499 g/mol. The van der Waals surface area contributed by atoms with E-state index in [0.717, 1.165) is 22.4 Å². The van der Waals surface area contributed by atoms with E-state index in [2.05, 4.69) is 10.4 Å². The molecule has 0 aliphatic rings. The number of carbonyl (C=O) groups is 1. The van der Waals surface area contributed by atoms with Crippen molar-refractivity contribution >= 4 is 46.5 Å². The van der Waals surface area contributed by atoms with Gasteiger partial charge in [0.1, 0.15) is 17.4 Å². The average Bonchev–Trinajstić information content (AvgIpc) is 3.15. The summed E-state index contributed by atoms with van der Waals surface area (Å²) in [5, 5.41) is 8.82. The predicted molar refractivity (Wildman–Crippen MR) is 133 cm³/mol. The molecule has 0 radical (unpaired) electrons. The Labute approximate surface area is 206 Å². The fourth-order valence-electron chi connectivity index (χ4n) is 3.17. The number of carbonyl (C=O) groups excluding carboxylic acids is 1. The molecule has 33 heavy (non-hydrogen) atoms. The molecular formula is C25H20Cl3N3O2. The highest BCUT2D eigenvalue weighted by Gasteiger charge is 2.13. The number of nitrogens with one attached hydrogen (secondary N) is 1. The summed E-state index contributed by atoms with van der Waals surface area (Å²) in [5.41, 5.74) is 3.27. The van der Waals surface area contributed by atoms with Gasteiger partial charge in [0.25, 0.3) is 5.91 Å². The summed E-state index contributed by atoms with van der Waals surface area (Å²) >= 11 is 18.5. The smallest absolute Gasteiger partial charge is 0.256 e. The van der Waals surface area contributed by atoms with Gasteiger partial charge in [-0.2, -0.15) is 5.10 Å². The highest BCUT2D eigenvalue weighted by molar-refractivity contribution is 6.33. The minimum Gasteiger partial charge on any atom is -0.489 e. The van der Waals surface area contributed by atoms with E-state index in [1.165, 1.54) is 0 Å². The first-order valence-corrected chi connectivity index (χ1v) is 11.3. The van der Waals surface area contributed by atoms with Gasteiger partial charge in [-0.15, -0.1) is 0 Å². The van der Waals surface area contributed by atoms with E-state index in [0.29, 0.717) is 39.6 Å². The zero-order chi connectivity index (χ0) is 23.4. The lowest BCUT2D eigenvalue weighted by Gasteiger charge is -2.09. The molecule has 1 N–H and O–H groups in total. The molecule has 0 unspecified atom stereocenters. The van der Waals surface area contributed by atoms with Gasteiger partial charge in [0.15, 0.2) is 5.82 Å². The molecule has 0 spiro atoms. The van der Waals surface area contributed by atoms with Crippen molar-refractivity contribution in [2.45, 2.75) is 20.1 Å². The van der Waals surface area contributed by atoms with Crippen LogP contribution in [0.25, 0.3) is 0 Å². The van der Waals surface area contributed by atoms with Crippen LogP contribution in [0.15, 0.2) is 72.9 Å². The van der Waals surface area contributed by atoms with Crippen LogP contribution < -0.4 is 10.1 Å². The van der Waals surface area contributed by atoms with E-state index >= 15 is 0 Å². The molecular weight excluding hydrogens is 481 g/mol. The molecule has 0 fully saturated rings. The van der Waals surface area contributed by atoms with Gasteiger partial charge < -0.3 is 10.1 Å². The van der Waals surface area contributed by atoms with E-state index in [-0.39, 0.29) is 5.91 Å². The number of rotatable bonds is 7. The molecule has 1 heterocycles. The molecule has 0 bridgehead atoms. The van der Waals surface area contributed by atoms with Crippen molar-refractivity contribution in [2.24, 2.45) is 0 Å². The van der Waals surface area contributed by atoms with E-state index in [9.17, 15) is 4.79 Å². The zero-order valence-corrected chi connectivity index (χ0v) is 20.0. The maximum absolute atomic E-state index is 12.7. The molecule has 0 aliphatic heterocycles. The molecule has 8 heteroatoms. The van der Waals surface area contributed by atoms with E-state index in [1.807, 2.05) is 55.5 Å². The van der Waals surface area contributed by atoms with Crippen LogP contribution in [0.4, 0.5) is 5.82 Å². The molecule has 1 amide bonds. The van der Waals surface area contributed by atoms with Gasteiger partial charge in [0.05, 0.1) is 6.54 Å². The van der Waals surface area contributed by atoms with Gasteiger partial charge in [-0.05, 0) is 60.0 Å². The Kier molecular flexibility index (Phi) is 7.23. The van der Waals surface area contributed by atoms with E-state index in [1.54, 1.807) is 29.1 Å². The summed E-state index contributed by atoms with van der Waals surface area (Å²) in [6, 6.07) is 20.2. The molecule has 3 aromatic carbocycles. The van der Waals surface area contributed by atoms with Gasteiger partial charge in [0, 0.05) is 21.8 Å². The van der Waals surface area contributed by atoms with Crippen LogP contribution in [-0.2, 0) is 13.2 Å². The van der Waals surface area contributed by atoms with Crippen LogP contribution >= 0.6 is 34.8 Å². The third-order valence-electron chi connectivity index (χ3n) is 4.99. The Hall–Kier alpha value is -2.99. The molecule has 1 aromatic heterocycles. The Morgan fingerprint density at radius 1 is 0.970 bits per heavy atom. The second kappa shape index (κ2) is 10.3. The van der Waals surface area contributed by atoms with Gasteiger partial charge in [0.2, 0.25) is 0 Å². The molecule has 4 rings (SSSR count). The Morgan fingerprint density at radius 2 is 1.73 bits per heavy atom. The standard InChI is InChI=1S/C25H20Cl3N3O2/c1-16-12-20(10-11-21(16)26)33-15-17-6-8-18(9-7-17)25(32)29-24-23(28)14-31(30-24)13-19-4-2-3-5-22(19)27/h2-12,14H,13,15H2,1H3,(H,29,30,32). The number of hydrogen-bond donors (Lipinski definition) is 1. The van der Waals surface area contributed by atoms with Crippen LogP contribution in [0.5, 0.6) is 5.75 Å². The first-order valence-electron chi connectivity index (χ1n) is 10.1. The fourth-order valence-corrected chi connectivity index (χ4v) is 3.68. The Morgan fingerprint density at radius 3 is 2.45 bits per heavy atom. The summed E-state index contributed by atoms with van der Waals surface area (Å²) in [7, 11) is 0. The summed E-state index contributed by atoms with van der Waals surface area (Å²) in [5.74, 6) is 0.723. The van der Waals surface area contributed by atoms with Crippen molar-refractivity contribution in [2.75, 3.05) is 5.32 Å². The third kappa shape index (κ3) is 5.88. The first kappa shape index (κ1) is 23.2. The summed E-state index contributed by atoms with van der Waals surface area (Å²) in [6.45, 7) is 2.74. The predicted octanol–water partition coefficient (Wildman–Crippen LogP) is 7.03. The number of halogens is 3. The van der Waals surface area contributed by atoms with Crippen molar-refractivity contribution in [3.63, 3.8) is 0 Å². The van der Waals surface area contributed by atoms with Crippen molar-refractivity contribution in [1.29, 1.82) is 0 Å². The first-order chi connectivity index (χ1) is 15.9. The van der Waals surface area contributed by atoms with Crippen LogP contribution in [0.2, 0.25) is 15.1 Å². The largest absolute Gasteiger partial charge is 0.489 e. The van der Waals surface area contributed by atoms with Gasteiger partial charge >= 0.3 is 0 Å². The minimum absolute atomic E-state index is 0.291. The third-order valence-corrected chi connectivity index (χ3v) is 6.06. The molecule has 4 aromatic rings. The van der Waals surface area contributed by atoms with E-state index in [4.69, 9.17) is 39.5 Å². The van der Waals surface area contributed by atoms with Crippen molar-refractivity contribution in [3.05, 3.63) is 110 Å². The Balaban J connectivity index is 1.37. The number of benzene rings is 3. The lowest BCUT2D eigenvalue weighted by molar-refractivity contribution is 0.102. The van der Waals surface area contributed by atoms with Gasteiger partial charge in [-0.1, -0.05) is 65.1 Å². The molecule has 0 saturated carbocycles. The quantitative estimate of drug-likeness (QED) is 0.296. The van der Waals surface area contributed by atoms with Gasteiger partial charge in [-0.3, -0.25) is 9.48 Å². The molecule has 0 atom stereocenters. The van der Waals surface area contributed by atoms with Crippen LogP contribution in [0, 0.1) is 6.92 Å². The Bertz CT molecular complexity index is 1290. The molecule has 0 aliphatic carbocycles. The summed E-state index contributed by atoms with van der Waals surface area (Å²) in [4.78, 5) is 12.7. The SMILES string of the molecule is Cc1cc(OCc2ccc(C(=O)Nc3nn(Cc4ccccc4Cl)cc3Cl)cc2)ccc1Cl.